The van der Waals surface area contributed by atoms with Gasteiger partial charge in [-0.1, -0.05) is 18.2 Å². The lowest BCUT2D eigenvalue weighted by Gasteiger charge is -2.26. The fourth-order valence-electron chi connectivity index (χ4n) is 3.59. The van der Waals surface area contributed by atoms with Crippen LogP contribution in [0.1, 0.15) is 12.8 Å². The smallest absolute Gasteiger partial charge is 0.207 e. The number of aromatic nitrogens is 3. The zero-order valence-electron chi connectivity index (χ0n) is 15.2. The molecule has 4 rings (SSSR count). The molecule has 2 atom stereocenters. The van der Waals surface area contributed by atoms with Crippen LogP contribution in [0.25, 0.3) is 16.4 Å². The first-order valence-corrected chi connectivity index (χ1v) is 10.3. The molecule has 0 radical (unpaired) electrons. The summed E-state index contributed by atoms with van der Waals surface area (Å²) in [5, 5.41) is 16.9. The van der Waals surface area contributed by atoms with E-state index in [2.05, 4.69) is 6.07 Å². The van der Waals surface area contributed by atoms with Gasteiger partial charge in [0, 0.05) is 0 Å². The minimum absolute atomic E-state index is 0.240. The van der Waals surface area contributed by atoms with Crippen molar-refractivity contribution in [3.05, 3.63) is 46.5 Å². The quantitative estimate of drug-likeness (QED) is 0.641. The van der Waals surface area contributed by atoms with Crippen LogP contribution in [0.5, 0.6) is 5.75 Å². The molecule has 0 aliphatic carbocycles. The van der Waals surface area contributed by atoms with E-state index in [1.165, 1.54) is 4.90 Å². The van der Waals surface area contributed by atoms with Gasteiger partial charge in [-0.3, -0.25) is 4.57 Å². The van der Waals surface area contributed by atoms with Crippen molar-refractivity contribution in [1.82, 2.24) is 14.3 Å². The summed E-state index contributed by atoms with van der Waals surface area (Å²) in [6.07, 6.45) is 1.66. The second kappa shape index (κ2) is 7.93. The molecule has 27 heavy (non-hydrogen) atoms. The van der Waals surface area contributed by atoms with E-state index in [0.29, 0.717) is 11.4 Å². The highest BCUT2D eigenvalue weighted by molar-refractivity contribution is 7.71. The van der Waals surface area contributed by atoms with Crippen molar-refractivity contribution in [3.8, 4) is 22.1 Å². The molecule has 2 aromatic heterocycles. The number of benzene rings is 1. The Bertz CT molecular complexity index is 965. The molecule has 0 spiro atoms. The van der Waals surface area contributed by atoms with Crippen LogP contribution in [0.3, 0.4) is 0 Å². The Hall–Kier alpha value is -2.00. The number of para-hydroxylation sites is 2. The lowest BCUT2D eigenvalue weighted by molar-refractivity contribution is -0.931. The molecular weight excluding hydrogens is 380 g/mol. The maximum atomic E-state index is 9.99. The molecule has 6 nitrogen and oxygen atoms in total. The normalized spacial score (nSPS) is 19.9. The molecule has 1 aliphatic rings. The van der Waals surface area contributed by atoms with Gasteiger partial charge < -0.3 is 14.7 Å². The molecule has 1 fully saturated rings. The number of hydrogen-bond donors (Lipinski definition) is 2. The molecule has 0 amide bonds. The molecule has 3 heterocycles. The predicted molar refractivity (Wildman–Crippen MR) is 108 cm³/mol. The zero-order valence-corrected chi connectivity index (χ0v) is 16.8. The van der Waals surface area contributed by atoms with Crippen LogP contribution in [-0.2, 0) is 6.67 Å². The van der Waals surface area contributed by atoms with Gasteiger partial charge in [-0.2, -0.15) is 4.68 Å². The first kappa shape index (κ1) is 18.4. The van der Waals surface area contributed by atoms with Crippen molar-refractivity contribution in [1.29, 1.82) is 0 Å². The maximum Gasteiger partial charge on any atom is 0.207 e. The number of thiophene rings is 1. The average molecular weight is 404 g/mol. The molecule has 2 N–H and O–H groups in total. The van der Waals surface area contributed by atoms with Gasteiger partial charge in [-0.05, 0) is 48.6 Å². The topological polar surface area (TPSA) is 56.7 Å². The molecule has 8 heteroatoms. The highest BCUT2D eigenvalue weighted by Crippen LogP contribution is 2.30. The SMILES string of the molecule is COc1ccccc1-n1c(-c2cccs2)nn(C[NH+]2CCC[C@H](O)C2)c1=S. The number of aliphatic hydroxyl groups excluding tert-OH is 1. The van der Waals surface area contributed by atoms with Crippen LogP contribution in [0, 0.1) is 4.77 Å². The second-order valence-corrected chi connectivity index (χ2v) is 8.06. The summed E-state index contributed by atoms with van der Waals surface area (Å²) in [7, 11) is 1.66. The highest BCUT2D eigenvalue weighted by atomic mass is 32.1. The number of quaternary nitrogens is 1. The van der Waals surface area contributed by atoms with Crippen molar-refractivity contribution >= 4 is 23.6 Å². The molecule has 0 saturated carbocycles. The Balaban J connectivity index is 1.80. The molecule has 1 saturated heterocycles. The molecule has 0 bridgehead atoms. The number of methoxy groups -OCH3 is 1. The van der Waals surface area contributed by atoms with E-state index >= 15 is 0 Å². The Morgan fingerprint density at radius 1 is 1.33 bits per heavy atom. The summed E-state index contributed by atoms with van der Waals surface area (Å²) < 4.78 is 10.1. The van der Waals surface area contributed by atoms with Gasteiger partial charge in [0.2, 0.25) is 4.77 Å². The Labute approximate surface area is 167 Å². The number of hydrogen-bond acceptors (Lipinski definition) is 5. The standard InChI is InChI=1S/C19H22N4O2S2/c1-25-16-8-3-2-7-15(16)23-18(17-9-5-11-27-17)20-22(19(23)26)13-21-10-4-6-14(24)12-21/h2-3,5,7-9,11,14,24H,4,6,10,12-13H2,1H3/p+1/t14-/m0/s1. The van der Waals surface area contributed by atoms with Crippen molar-refractivity contribution in [3.63, 3.8) is 0 Å². The van der Waals surface area contributed by atoms with E-state index in [1.807, 2.05) is 45.0 Å². The first-order chi connectivity index (χ1) is 13.2. The van der Waals surface area contributed by atoms with Crippen LogP contribution < -0.4 is 9.64 Å². The number of likely N-dealkylation sites (tertiary alicyclic amines) is 1. The van der Waals surface area contributed by atoms with Gasteiger partial charge in [-0.15, -0.1) is 16.4 Å². The summed E-state index contributed by atoms with van der Waals surface area (Å²) in [6.45, 7) is 2.41. The van der Waals surface area contributed by atoms with Crippen molar-refractivity contribution in [2.75, 3.05) is 20.2 Å². The third kappa shape index (κ3) is 3.70. The number of rotatable bonds is 5. The highest BCUT2D eigenvalue weighted by Gasteiger charge is 2.24. The second-order valence-electron chi connectivity index (χ2n) is 6.75. The van der Waals surface area contributed by atoms with Crippen LogP contribution >= 0.6 is 23.6 Å². The lowest BCUT2D eigenvalue weighted by atomic mass is 10.1. The Kier molecular flexibility index (Phi) is 5.40. The Morgan fingerprint density at radius 2 is 2.19 bits per heavy atom. The average Bonchev–Trinajstić information content (AvgIpc) is 3.31. The summed E-state index contributed by atoms with van der Waals surface area (Å²) >= 11 is 7.45. The van der Waals surface area contributed by atoms with Crippen LogP contribution in [0.15, 0.2) is 41.8 Å². The van der Waals surface area contributed by atoms with Crippen LogP contribution in [-0.4, -0.2) is 45.8 Å². The molecule has 3 aromatic rings. The lowest BCUT2D eigenvalue weighted by Crippen LogP contribution is -3.13. The van der Waals surface area contributed by atoms with Crippen molar-refractivity contribution < 1.29 is 14.7 Å². The van der Waals surface area contributed by atoms with E-state index in [0.717, 1.165) is 48.1 Å². The fraction of sp³-hybridized carbons (Fsp3) is 0.368. The number of nitrogens with one attached hydrogen (secondary N) is 1. The fourth-order valence-corrected chi connectivity index (χ4v) is 4.58. The van der Waals surface area contributed by atoms with E-state index < -0.39 is 0 Å². The zero-order chi connectivity index (χ0) is 18.8. The largest absolute Gasteiger partial charge is 0.495 e. The van der Waals surface area contributed by atoms with Gasteiger partial charge in [0.25, 0.3) is 0 Å². The molecule has 1 aromatic carbocycles. The van der Waals surface area contributed by atoms with Gasteiger partial charge in [0.15, 0.2) is 12.5 Å². The van der Waals surface area contributed by atoms with Crippen LogP contribution in [0.4, 0.5) is 0 Å². The summed E-state index contributed by atoms with van der Waals surface area (Å²) in [5.74, 6) is 1.57. The van der Waals surface area contributed by atoms with Crippen LogP contribution in [0.2, 0.25) is 0 Å². The number of nitrogens with zero attached hydrogens (tertiary/aromatic N) is 3. The van der Waals surface area contributed by atoms with Gasteiger partial charge >= 0.3 is 0 Å². The molecule has 1 unspecified atom stereocenters. The molecule has 1 aliphatic heterocycles. The summed E-state index contributed by atoms with van der Waals surface area (Å²) in [5.41, 5.74) is 0.883. The van der Waals surface area contributed by atoms with Gasteiger partial charge in [0.1, 0.15) is 18.4 Å². The third-order valence-electron chi connectivity index (χ3n) is 4.87. The predicted octanol–water partition coefficient (Wildman–Crippen LogP) is 2.14. The van der Waals surface area contributed by atoms with Gasteiger partial charge in [0.05, 0.1) is 24.2 Å². The maximum absolute atomic E-state index is 9.99. The number of aliphatic hydroxyl groups is 1. The Morgan fingerprint density at radius 3 is 2.93 bits per heavy atom. The number of piperidine rings is 1. The van der Waals surface area contributed by atoms with E-state index in [4.69, 9.17) is 22.1 Å². The number of ether oxygens (including phenoxy) is 1. The van der Waals surface area contributed by atoms with E-state index in [-0.39, 0.29) is 6.10 Å². The third-order valence-corrected chi connectivity index (χ3v) is 6.13. The summed E-state index contributed by atoms with van der Waals surface area (Å²) in [4.78, 5) is 2.35. The summed E-state index contributed by atoms with van der Waals surface area (Å²) in [6, 6.07) is 11.9. The minimum Gasteiger partial charge on any atom is -0.495 e. The van der Waals surface area contributed by atoms with E-state index in [1.54, 1.807) is 18.4 Å². The monoisotopic (exact) mass is 403 g/mol. The van der Waals surface area contributed by atoms with Gasteiger partial charge in [-0.25, -0.2) is 0 Å². The molecule has 142 valence electrons. The first-order valence-electron chi connectivity index (χ1n) is 9.06. The van der Waals surface area contributed by atoms with Crippen molar-refractivity contribution in [2.45, 2.75) is 25.6 Å². The van der Waals surface area contributed by atoms with Crippen molar-refractivity contribution in [2.24, 2.45) is 0 Å². The minimum atomic E-state index is -0.240. The van der Waals surface area contributed by atoms with E-state index in [9.17, 15) is 5.11 Å². The molecular formula is C19H23N4O2S2+.